The second-order valence-electron chi connectivity index (χ2n) is 8.92. The third-order valence-corrected chi connectivity index (χ3v) is 6.02. The third kappa shape index (κ3) is 7.39. The summed E-state index contributed by atoms with van der Waals surface area (Å²) in [5, 5.41) is 12.7. The second kappa shape index (κ2) is 12.3. The monoisotopic (exact) mass is 551 g/mol. The van der Waals surface area contributed by atoms with Gasteiger partial charge < -0.3 is 24.8 Å². The van der Waals surface area contributed by atoms with E-state index in [1.165, 1.54) is 30.0 Å². The summed E-state index contributed by atoms with van der Waals surface area (Å²) in [6, 6.07) is 12.3. The average Bonchev–Trinajstić information content (AvgIpc) is 3.20. The number of rotatable bonds is 9. The molecule has 1 aliphatic heterocycles. The van der Waals surface area contributed by atoms with E-state index < -0.39 is 30.4 Å². The van der Waals surface area contributed by atoms with E-state index in [2.05, 4.69) is 25.8 Å². The highest BCUT2D eigenvalue weighted by atomic mass is 19.4. The molecule has 1 fully saturated rings. The molecule has 3 aromatic rings. The Balaban J connectivity index is 1.55. The smallest absolute Gasteiger partial charge is 0.470 e. The molecule has 2 aromatic carbocycles. The van der Waals surface area contributed by atoms with E-state index in [-0.39, 0.29) is 37.0 Å². The van der Waals surface area contributed by atoms with Gasteiger partial charge >= 0.3 is 12.4 Å². The van der Waals surface area contributed by atoms with Crippen LogP contribution in [0.4, 0.5) is 28.2 Å². The molecule has 0 saturated carbocycles. The summed E-state index contributed by atoms with van der Waals surface area (Å²) in [4.78, 5) is 12.9. The lowest BCUT2D eigenvalue weighted by Crippen LogP contribution is -2.44. The summed E-state index contributed by atoms with van der Waals surface area (Å²) >= 11 is 0. The van der Waals surface area contributed by atoms with E-state index in [4.69, 9.17) is 9.47 Å². The highest BCUT2D eigenvalue weighted by Crippen LogP contribution is 2.31. The van der Waals surface area contributed by atoms with Crippen LogP contribution < -0.4 is 25.4 Å². The number of urea groups is 1. The molecule has 2 atom stereocenters. The molecule has 1 aromatic heterocycles. The number of carbonyl (C=O) groups excluding carboxylic acids is 1. The Hall–Kier alpha value is -3.84. The lowest BCUT2D eigenvalue weighted by atomic mass is 10.1. The van der Waals surface area contributed by atoms with Gasteiger partial charge in [-0.1, -0.05) is 24.3 Å². The molecule has 3 N–H and O–H groups in total. The van der Waals surface area contributed by atoms with Gasteiger partial charge in [0.25, 0.3) is 0 Å². The van der Waals surface area contributed by atoms with Crippen LogP contribution in [0, 0.1) is 6.92 Å². The molecule has 0 spiro atoms. The van der Waals surface area contributed by atoms with E-state index in [1.807, 2.05) is 6.07 Å². The molecule has 9 nitrogen and oxygen atoms in total. The van der Waals surface area contributed by atoms with Crippen molar-refractivity contribution in [1.82, 2.24) is 20.4 Å². The highest BCUT2D eigenvalue weighted by molar-refractivity contribution is 5.89. The maximum Gasteiger partial charge on any atom is 0.573 e. The van der Waals surface area contributed by atoms with Gasteiger partial charge in [0.05, 0.1) is 17.9 Å². The van der Waals surface area contributed by atoms with Gasteiger partial charge in [0.2, 0.25) is 5.88 Å². The molecule has 39 heavy (non-hydrogen) atoms. The van der Waals surface area contributed by atoms with Crippen molar-refractivity contribution >= 4 is 11.8 Å². The number of hydrogen-bond donors (Lipinski definition) is 3. The molecule has 4 rings (SSSR count). The summed E-state index contributed by atoms with van der Waals surface area (Å²) in [6.07, 6.45) is -6.37. The molecule has 0 bridgehead atoms. The summed E-state index contributed by atoms with van der Waals surface area (Å²) in [6.45, 7) is 2.34. The Kier molecular flexibility index (Phi) is 8.92. The summed E-state index contributed by atoms with van der Waals surface area (Å²) < 4.78 is 69.6. The Bertz CT molecular complexity index is 1270. The lowest BCUT2D eigenvalue weighted by Gasteiger charge is -2.26. The van der Waals surface area contributed by atoms with Crippen molar-refractivity contribution in [3.63, 3.8) is 0 Å². The molecule has 0 radical (unpaired) electrons. The number of ether oxygens (including phenoxy) is 3. The van der Waals surface area contributed by atoms with Crippen LogP contribution in [-0.2, 0) is 17.9 Å². The molecule has 13 heteroatoms. The Labute approximate surface area is 222 Å². The first-order valence-electron chi connectivity index (χ1n) is 12.2. The zero-order chi connectivity index (χ0) is 28.0. The van der Waals surface area contributed by atoms with Crippen molar-refractivity contribution < 1.29 is 36.6 Å². The predicted molar refractivity (Wildman–Crippen MR) is 135 cm³/mol. The van der Waals surface area contributed by atoms with E-state index >= 15 is 0 Å². The molecular weight excluding hydrogens is 522 g/mol. The number of halogens is 4. The van der Waals surface area contributed by atoms with Crippen molar-refractivity contribution in [1.29, 1.82) is 0 Å². The minimum Gasteiger partial charge on any atom is -0.470 e. The molecule has 1 saturated heterocycles. The maximum absolute atomic E-state index is 14.4. The quantitative estimate of drug-likeness (QED) is 0.336. The fraction of sp³-hybridized carbons (Fsp3) is 0.385. The molecule has 2 amide bonds. The molecule has 1 unspecified atom stereocenters. The lowest BCUT2D eigenvalue weighted by molar-refractivity contribution is -0.274. The molecule has 2 heterocycles. The minimum atomic E-state index is -4.90. The fourth-order valence-corrected chi connectivity index (χ4v) is 4.14. The van der Waals surface area contributed by atoms with Crippen molar-refractivity contribution in [2.24, 2.45) is 0 Å². The van der Waals surface area contributed by atoms with E-state index in [0.29, 0.717) is 29.8 Å². The van der Waals surface area contributed by atoms with Crippen LogP contribution in [0.15, 0.2) is 48.5 Å². The molecule has 210 valence electrons. The van der Waals surface area contributed by atoms with Crippen molar-refractivity contribution in [2.45, 2.75) is 45.1 Å². The number of hydrogen-bond acceptors (Lipinski definition) is 6. The van der Waals surface area contributed by atoms with Crippen molar-refractivity contribution in [3.05, 3.63) is 65.2 Å². The summed E-state index contributed by atoms with van der Waals surface area (Å²) in [7, 11) is 1.46. The van der Waals surface area contributed by atoms with Crippen LogP contribution in [0.2, 0.25) is 0 Å². The van der Waals surface area contributed by atoms with Gasteiger partial charge in [-0.2, -0.15) is 0 Å². The number of anilines is 1. The molecule has 1 aliphatic rings. The third-order valence-electron chi connectivity index (χ3n) is 6.02. The number of amides is 2. The second-order valence-corrected chi connectivity index (χ2v) is 8.92. The van der Waals surface area contributed by atoms with Gasteiger partial charge in [-0.25, -0.2) is 13.9 Å². The number of para-hydroxylation sites is 1. The molecular formula is C26H29F4N5O4. The van der Waals surface area contributed by atoms with Gasteiger partial charge in [-0.15, -0.1) is 18.3 Å². The van der Waals surface area contributed by atoms with Crippen molar-refractivity contribution in [3.8, 4) is 17.3 Å². The number of nitrogens with one attached hydrogen (secondary N) is 3. The van der Waals surface area contributed by atoms with Crippen molar-refractivity contribution in [2.75, 3.05) is 25.5 Å². The minimum absolute atomic E-state index is 0.106. The van der Waals surface area contributed by atoms with Crippen LogP contribution in [0.25, 0.3) is 5.69 Å². The average molecular weight is 552 g/mol. The van der Waals surface area contributed by atoms with Gasteiger partial charge in [-0.3, -0.25) is 5.32 Å². The van der Waals surface area contributed by atoms with E-state index in [9.17, 15) is 22.4 Å². The first-order chi connectivity index (χ1) is 18.6. The number of piperidine rings is 1. The van der Waals surface area contributed by atoms with Gasteiger partial charge in [0, 0.05) is 25.8 Å². The number of alkyl halides is 4. The van der Waals surface area contributed by atoms with E-state index in [1.54, 1.807) is 31.2 Å². The molecule has 0 aliphatic carbocycles. The van der Waals surface area contributed by atoms with E-state index in [0.717, 1.165) is 0 Å². The van der Waals surface area contributed by atoms with Crippen LogP contribution >= 0.6 is 0 Å². The van der Waals surface area contributed by atoms with Crippen LogP contribution in [0.5, 0.6) is 11.6 Å². The summed E-state index contributed by atoms with van der Waals surface area (Å²) in [5.74, 6) is -0.0126. The Morgan fingerprint density at radius 2 is 1.97 bits per heavy atom. The van der Waals surface area contributed by atoms with Crippen LogP contribution in [-0.4, -0.2) is 54.6 Å². The SMILES string of the molecule is COCc1ccc(OC(F)(F)F)c(CNC(=O)Nc2c(C)c(O[C@@H]3CCNCC3F)nn2-c2ccccc2)c1. The topological polar surface area (TPSA) is 98.7 Å². The van der Waals surface area contributed by atoms with Gasteiger partial charge in [0.1, 0.15) is 23.8 Å². The maximum atomic E-state index is 14.4. The number of carbonyl (C=O) groups is 1. The first-order valence-corrected chi connectivity index (χ1v) is 12.2. The zero-order valence-corrected chi connectivity index (χ0v) is 21.3. The normalized spacial score (nSPS) is 17.5. The Morgan fingerprint density at radius 3 is 2.67 bits per heavy atom. The number of aromatic nitrogens is 2. The summed E-state index contributed by atoms with van der Waals surface area (Å²) in [5.41, 5.74) is 1.78. The first kappa shape index (κ1) is 28.2. The number of methoxy groups -OCH3 is 1. The largest absolute Gasteiger partial charge is 0.573 e. The fourth-order valence-electron chi connectivity index (χ4n) is 4.14. The Morgan fingerprint density at radius 1 is 1.21 bits per heavy atom. The number of benzene rings is 2. The van der Waals surface area contributed by atoms with Gasteiger partial charge in [0.15, 0.2) is 0 Å². The number of nitrogens with zero attached hydrogens (tertiary/aromatic N) is 2. The zero-order valence-electron chi connectivity index (χ0n) is 21.3. The van der Waals surface area contributed by atoms with Gasteiger partial charge in [-0.05, 0) is 49.7 Å². The highest BCUT2D eigenvalue weighted by Gasteiger charge is 2.32. The van der Waals surface area contributed by atoms with Crippen LogP contribution in [0.1, 0.15) is 23.1 Å². The standard InChI is InChI=1S/C26H29F4N5O4/c1-16-23(33-25(36)32-13-18-12-17(15-37-2)8-9-21(18)39-26(28,29)30)35(19-6-4-3-5-7-19)34-24(16)38-22-10-11-31-14-20(22)27/h3-9,12,20,22,31H,10-11,13-15H2,1-2H3,(H2,32,33,36)/t20?,22-/m1/s1. The predicted octanol–water partition coefficient (Wildman–Crippen LogP) is 4.63. The van der Waals surface area contributed by atoms with Crippen LogP contribution in [0.3, 0.4) is 0 Å².